The third-order valence-corrected chi connectivity index (χ3v) is 5.48. The van der Waals surface area contributed by atoms with Crippen LogP contribution in [0.5, 0.6) is 0 Å². The summed E-state index contributed by atoms with van der Waals surface area (Å²) in [6.45, 7) is 5.04. The average molecular weight is 403 g/mol. The topological polar surface area (TPSA) is 75.4 Å². The lowest BCUT2D eigenvalue weighted by Crippen LogP contribution is -2.45. The van der Waals surface area contributed by atoms with Crippen molar-refractivity contribution in [3.63, 3.8) is 0 Å². The van der Waals surface area contributed by atoms with Crippen LogP contribution >= 0.6 is 0 Å². The zero-order chi connectivity index (χ0) is 21.1. The Balaban J connectivity index is 1.41. The van der Waals surface area contributed by atoms with Gasteiger partial charge in [0.25, 0.3) is 5.91 Å². The molecule has 0 radical (unpaired) electrons. The highest BCUT2D eigenvalue weighted by molar-refractivity contribution is 5.98. The SMILES string of the molecule is Cc1cccc(C(=O)N2CC(C)CC2C(=O)NCc2ccc(-c3cnco3)cc2)c1. The number of carbonyl (C=O) groups is 2. The molecule has 0 spiro atoms. The number of aryl methyl sites for hydroxylation is 1. The summed E-state index contributed by atoms with van der Waals surface area (Å²) in [5, 5.41) is 2.99. The molecule has 0 bridgehead atoms. The van der Waals surface area contributed by atoms with Crippen LogP contribution in [0.3, 0.4) is 0 Å². The van der Waals surface area contributed by atoms with E-state index in [2.05, 4.69) is 17.2 Å². The van der Waals surface area contributed by atoms with Crippen molar-refractivity contribution in [2.24, 2.45) is 5.92 Å². The van der Waals surface area contributed by atoms with Gasteiger partial charge in [-0.25, -0.2) is 4.98 Å². The minimum Gasteiger partial charge on any atom is -0.444 e. The van der Waals surface area contributed by atoms with Gasteiger partial charge in [-0.3, -0.25) is 9.59 Å². The summed E-state index contributed by atoms with van der Waals surface area (Å²) in [4.78, 5) is 31.6. The maximum absolute atomic E-state index is 13.0. The first kappa shape index (κ1) is 19.9. The maximum atomic E-state index is 13.0. The van der Waals surface area contributed by atoms with Crippen molar-refractivity contribution < 1.29 is 14.0 Å². The first-order valence-corrected chi connectivity index (χ1v) is 10.1. The largest absolute Gasteiger partial charge is 0.444 e. The van der Waals surface area contributed by atoms with E-state index in [9.17, 15) is 9.59 Å². The van der Waals surface area contributed by atoms with Crippen LogP contribution in [0.4, 0.5) is 0 Å². The zero-order valence-electron chi connectivity index (χ0n) is 17.2. The molecule has 3 aromatic rings. The second-order valence-electron chi connectivity index (χ2n) is 7.96. The third-order valence-electron chi connectivity index (χ3n) is 5.48. The van der Waals surface area contributed by atoms with E-state index in [1.165, 1.54) is 6.39 Å². The lowest BCUT2D eigenvalue weighted by Gasteiger charge is -2.24. The monoisotopic (exact) mass is 403 g/mol. The van der Waals surface area contributed by atoms with Crippen LogP contribution in [0.1, 0.15) is 34.8 Å². The van der Waals surface area contributed by atoms with Gasteiger partial charge in [-0.2, -0.15) is 0 Å². The number of nitrogens with one attached hydrogen (secondary N) is 1. The van der Waals surface area contributed by atoms with Gasteiger partial charge in [0, 0.05) is 24.2 Å². The molecule has 6 nitrogen and oxygen atoms in total. The molecule has 2 heterocycles. The van der Waals surface area contributed by atoms with Crippen molar-refractivity contribution in [3.05, 3.63) is 77.8 Å². The summed E-state index contributed by atoms with van der Waals surface area (Å²) in [7, 11) is 0. The number of benzene rings is 2. The molecule has 2 amide bonds. The molecule has 1 N–H and O–H groups in total. The van der Waals surface area contributed by atoms with Gasteiger partial charge >= 0.3 is 0 Å². The first-order valence-electron chi connectivity index (χ1n) is 10.1. The Morgan fingerprint density at radius 3 is 2.70 bits per heavy atom. The van der Waals surface area contributed by atoms with Crippen LogP contribution < -0.4 is 5.32 Å². The van der Waals surface area contributed by atoms with E-state index in [0.717, 1.165) is 16.7 Å². The highest BCUT2D eigenvalue weighted by Gasteiger charge is 2.38. The van der Waals surface area contributed by atoms with Gasteiger partial charge in [0.15, 0.2) is 12.2 Å². The summed E-state index contributed by atoms with van der Waals surface area (Å²) in [6.07, 6.45) is 3.74. The predicted octanol–water partition coefficient (Wildman–Crippen LogP) is 3.82. The van der Waals surface area contributed by atoms with Gasteiger partial charge < -0.3 is 14.6 Å². The van der Waals surface area contributed by atoms with E-state index in [1.54, 1.807) is 11.1 Å². The van der Waals surface area contributed by atoms with E-state index in [1.807, 2.05) is 55.5 Å². The zero-order valence-corrected chi connectivity index (χ0v) is 17.2. The lowest BCUT2D eigenvalue weighted by molar-refractivity contribution is -0.125. The molecule has 1 aliphatic rings. The predicted molar refractivity (Wildman–Crippen MR) is 114 cm³/mol. The molecular formula is C24H25N3O3. The summed E-state index contributed by atoms with van der Waals surface area (Å²) in [6, 6.07) is 14.8. The van der Waals surface area contributed by atoms with E-state index < -0.39 is 6.04 Å². The van der Waals surface area contributed by atoms with Crippen LogP contribution in [-0.2, 0) is 11.3 Å². The van der Waals surface area contributed by atoms with Crippen LogP contribution in [0, 0.1) is 12.8 Å². The van der Waals surface area contributed by atoms with Crippen molar-refractivity contribution in [2.45, 2.75) is 32.9 Å². The third kappa shape index (κ3) is 4.27. The number of likely N-dealkylation sites (tertiary alicyclic amines) is 1. The molecule has 0 aliphatic carbocycles. The summed E-state index contributed by atoms with van der Waals surface area (Å²) < 4.78 is 5.29. The first-order chi connectivity index (χ1) is 14.5. The van der Waals surface area contributed by atoms with Crippen LogP contribution in [0.2, 0.25) is 0 Å². The molecule has 2 atom stereocenters. The molecule has 2 aromatic carbocycles. The van der Waals surface area contributed by atoms with E-state index >= 15 is 0 Å². The van der Waals surface area contributed by atoms with Crippen molar-refractivity contribution in [1.29, 1.82) is 0 Å². The average Bonchev–Trinajstić information content (AvgIpc) is 3.42. The standard InChI is InChI=1S/C24H25N3O3/c1-16-4-3-5-20(10-16)24(29)27-14-17(2)11-21(27)23(28)26-12-18-6-8-19(9-7-18)22-13-25-15-30-22/h3-10,13,15,17,21H,11-12,14H2,1-2H3,(H,26,28). The van der Waals surface area contributed by atoms with Crippen molar-refractivity contribution in [2.75, 3.05) is 6.54 Å². The summed E-state index contributed by atoms with van der Waals surface area (Å²) in [5.41, 5.74) is 3.57. The number of amides is 2. The minimum atomic E-state index is -0.443. The van der Waals surface area contributed by atoms with Crippen LogP contribution in [0.15, 0.2) is 65.5 Å². The fourth-order valence-corrected chi connectivity index (χ4v) is 3.92. The second kappa shape index (κ2) is 8.53. The minimum absolute atomic E-state index is 0.0837. The molecule has 6 heteroatoms. The van der Waals surface area contributed by atoms with Crippen LogP contribution in [0.25, 0.3) is 11.3 Å². The van der Waals surface area contributed by atoms with Gasteiger partial charge in [-0.1, -0.05) is 48.9 Å². The number of hydrogen-bond donors (Lipinski definition) is 1. The summed E-state index contributed by atoms with van der Waals surface area (Å²) in [5.74, 6) is 0.797. The van der Waals surface area contributed by atoms with Gasteiger partial charge in [0.1, 0.15) is 6.04 Å². The molecule has 1 saturated heterocycles. The Morgan fingerprint density at radius 1 is 1.20 bits per heavy atom. The van der Waals surface area contributed by atoms with E-state index in [4.69, 9.17) is 4.42 Å². The van der Waals surface area contributed by atoms with Crippen molar-refractivity contribution >= 4 is 11.8 Å². The van der Waals surface area contributed by atoms with Crippen LogP contribution in [-0.4, -0.2) is 34.3 Å². The number of oxazole rings is 1. The van der Waals surface area contributed by atoms with Crippen molar-refractivity contribution in [3.8, 4) is 11.3 Å². The highest BCUT2D eigenvalue weighted by atomic mass is 16.3. The van der Waals surface area contributed by atoms with Gasteiger partial charge in [-0.05, 0) is 37.0 Å². The molecule has 154 valence electrons. The second-order valence-corrected chi connectivity index (χ2v) is 7.96. The molecule has 1 fully saturated rings. The van der Waals surface area contributed by atoms with Gasteiger partial charge in [0.2, 0.25) is 5.91 Å². The fraction of sp³-hybridized carbons (Fsp3) is 0.292. The lowest BCUT2D eigenvalue weighted by atomic mass is 10.1. The molecule has 0 saturated carbocycles. The van der Waals surface area contributed by atoms with E-state index in [0.29, 0.717) is 30.8 Å². The Bertz CT molecular complexity index is 1030. The smallest absolute Gasteiger partial charge is 0.254 e. The number of carbonyl (C=O) groups excluding carboxylic acids is 2. The Morgan fingerprint density at radius 2 is 2.00 bits per heavy atom. The number of aromatic nitrogens is 1. The summed E-state index contributed by atoms with van der Waals surface area (Å²) >= 11 is 0. The fourth-order valence-electron chi connectivity index (χ4n) is 3.92. The maximum Gasteiger partial charge on any atom is 0.254 e. The normalized spacial score (nSPS) is 18.4. The molecular weight excluding hydrogens is 378 g/mol. The van der Waals surface area contributed by atoms with Gasteiger partial charge in [0.05, 0.1) is 6.20 Å². The van der Waals surface area contributed by atoms with Crippen molar-refractivity contribution in [1.82, 2.24) is 15.2 Å². The number of rotatable bonds is 5. The highest BCUT2D eigenvalue weighted by Crippen LogP contribution is 2.25. The quantitative estimate of drug-likeness (QED) is 0.703. The number of hydrogen-bond acceptors (Lipinski definition) is 4. The Kier molecular flexibility index (Phi) is 5.65. The Labute approximate surface area is 175 Å². The molecule has 1 aromatic heterocycles. The number of nitrogens with zero attached hydrogens (tertiary/aromatic N) is 2. The van der Waals surface area contributed by atoms with E-state index in [-0.39, 0.29) is 17.7 Å². The van der Waals surface area contributed by atoms with Gasteiger partial charge in [-0.15, -0.1) is 0 Å². The molecule has 2 unspecified atom stereocenters. The molecule has 30 heavy (non-hydrogen) atoms. The Hall–Kier alpha value is -3.41. The molecule has 1 aliphatic heterocycles. The molecule has 4 rings (SSSR count).